The van der Waals surface area contributed by atoms with Gasteiger partial charge in [-0.05, 0) is 18.4 Å². The maximum absolute atomic E-state index is 13.0. The summed E-state index contributed by atoms with van der Waals surface area (Å²) in [6.07, 6.45) is 0.143. The van der Waals surface area contributed by atoms with Crippen molar-refractivity contribution in [2.75, 3.05) is 33.7 Å². The maximum Gasteiger partial charge on any atom is 0.282 e. The molecule has 10 heteroatoms. The molecule has 0 aliphatic carbocycles. The van der Waals surface area contributed by atoms with Gasteiger partial charge in [0.15, 0.2) is 0 Å². The van der Waals surface area contributed by atoms with Crippen molar-refractivity contribution in [1.29, 1.82) is 0 Å². The Bertz CT molecular complexity index is 991. The molecule has 0 unspecified atom stereocenters. The van der Waals surface area contributed by atoms with E-state index < -0.39 is 10.2 Å². The normalized spacial score (nSPS) is 25.0. The van der Waals surface area contributed by atoms with E-state index in [1.807, 2.05) is 35.2 Å². The Morgan fingerprint density at radius 3 is 2.52 bits per heavy atom. The average molecular weight is 420 g/mol. The van der Waals surface area contributed by atoms with Crippen molar-refractivity contribution >= 4 is 16.1 Å². The van der Waals surface area contributed by atoms with E-state index in [0.717, 1.165) is 5.56 Å². The first-order chi connectivity index (χ1) is 13.8. The number of hydrogen-bond acceptors (Lipinski definition) is 6. The number of carbonyl (C=O) groups excluding carboxylic acids is 1. The lowest BCUT2D eigenvalue weighted by Crippen LogP contribution is -2.42. The quantitative estimate of drug-likeness (QED) is 0.713. The van der Waals surface area contributed by atoms with Crippen LogP contribution in [0.2, 0.25) is 0 Å². The number of carbonyl (C=O) groups is 1. The van der Waals surface area contributed by atoms with Crippen LogP contribution in [0.15, 0.2) is 35.0 Å². The van der Waals surface area contributed by atoms with Gasteiger partial charge in [-0.25, -0.2) is 4.63 Å². The van der Waals surface area contributed by atoms with Crippen LogP contribution < -0.4 is 0 Å². The minimum Gasteiger partial charge on any atom is -0.342 e. The van der Waals surface area contributed by atoms with Crippen molar-refractivity contribution in [3.05, 3.63) is 47.3 Å². The Balaban J connectivity index is 1.58. The fourth-order valence-corrected chi connectivity index (χ4v) is 5.75. The van der Waals surface area contributed by atoms with E-state index >= 15 is 0 Å². The van der Waals surface area contributed by atoms with Gasteiger partial charge in [-0.1, -0.05) is 40.6 Å². The second-order valence-corrected chi connectivity index (χ2v) is 10.0. The van der Waals surface area contributed by atoms with Crippen molar-refractivity contribution < 1.29 is 17.8 Å². The number of aromatic nitrogens is 2. The molecular weight excluding hydrogens is 394 g/mol. The van der Waals surface area contributed by atoms with Gasteiger partial charge in [0, 0.05) is 39.6 Å². The molecule has 2 aliphatic rings. The van der Waals surface area contributed by atoms with Gasteiger partial charge in [0.2, 0.25) is 5.91 Å². The largest absolute Gasteiger partial charge is 0.342 e. The molecule has 156 valence electrons. The van der Waals surface area contributed by atoms with E-state index in [1.165, 1.54) is 4.31 Å². The van der Waals surface area contributed by atoms with Crippen LogP contribution in [-0.2, 0) is 21.4 Å². The highest BCUT2D eigenvalue weighted by Gasteiger charge is 2.52. The lowest BCUT2D eigenvalue weighted by Gasteiger charge is -2.31. The molecule has 2 fully saturated rings. The topological polar surface area (TPSA) is 99.9 Å². The first kappa shape index (κ1) is 20.0. The van der Waals surface area contributed by atoms with Crippen LogP contribution in [0.5, 0.6) is 0 Å². The molecular formula is C19H25N5O4S. The SMILES string of the molecule is Cc1nonc1CC(=O)N1C[C@H]2CN(S(=O)(=O)N(C)C)[C@@H](c3ccccc3)[C@H]2C1. The van der Waals surface area contributed by atoms with E-state index in [9.17, 15) is 13.2 Å². The molecule has 9 nitrogen and oxygen atoms in total. The Hall–Kier alpha value is -2.30. The Morgan fingerprint density at radius 2 is 1.90 bits per heavy atom. The third kappa shape index (κ3) is 3.56. The molecule has 0 spiro atoms. The average Bonchev–Trinajstić information content (AvgIpc) is 3.37. The number of hydrogen-bond donors (Lipinski definition) is 0. The lowest BCUT2D eigenvalue weighted by atomic mass is 9.90. The number of benzene rings is 1. The third-order valence-electron chi connectivity index (χ3n) is 5.94. The molecule has 1 amide bonds. The highest BCUT2D eigenvalue weighted by Crippen LogP contribution is 2.46. The summed E-state index contributed by atoms with van der Waals surface area (Å²) in [5, 5.41) is 7.52. The van der Waals surface area contributed by atoms with Gasteiger partial charge < -0.3 is 4.90 Å². The van der Waals surface area contributed by atoms with Crippen molar-refractivity contribution in [3.8, 4) is 0 Å². The Morgan fingerprint density at radius 1 is 1.17 bits per heavy atom. The van der Waals surface area contributed by atoms with Crippen molar-refractivity contribution in [2.24, 2.45) is 11.8 Å². The monoisotopic (exact) mass is 419 g/mol. The number of aryl methyl sites for hydroxylation is 1. The minimum atomic E-state index is -3.57. The first-order valence-electron chi connectivity index (χ1n) is 9.59. The predicted octanol–water partition coefficient (Wildman–Crippen LogP) is 0.858. The van der Waals surface area contributed by atoms with Gasteiger partial charge in [0.1, 0.15) is 11.4 Å². The van der Waals surface area contributed by atoms with Crippen LogP contribution in [0, 0.1) is 18.8 Å². The lowest BCUT2D eigenvalue weighted by molar-refractivity contribution is -0.129. The zero-order chi connectivity index (χ0) is 20.8. The minimum absolute atomic E-state index is 0.0352. The molecule has 3 heterocycles. The zero-order valence-electron chi connectivity index (χ0n) is 16.7. The summed E-state index contributed by atoms with van der Waals surface area (Å²) in [6, 6.07) is 9.38. The zero-order valence-corrected chi connectivity index (χ0v) is 17.5. The number of nitrogens with zero attached hydrogens (tertiary/aromatic N) is 5. The molecule has 3 atom stereocenters. The number of amides is 1. The second-order valence-electron chi connectivity index (χ2n) is 7.91. The molecule has 29 heavy (non-hydrogen) atoms. The molecule has 4 rings (SSSR count). The summed E-state index contributed by atoms with van der Waals surface area (Å²) >= 11 is 0. The van der Waals surface area contributed by atoms with E-state index in [4.69, 9.17) is 0 Å². The van der Waals surface area contributed by atoms with E-state index in [0.29, 0.717) is 31.0 Å². The number of fused-ring (bicyclic) bond motifs is 1. The molecule has 2 aromatic rings. The molecule has 0 radical (unpaired) electrons. The predicted molar refractivity (Wildman–Crippen MR) is 105 cm³/mol. The molecule has 1 aromatic carbocycles. The number of rotatable bonds is 5. The molecule has 0 N–H and O–H groups in total. The van der Waals surface area contributed by atoms with Crippen LogP contribution in [0.25, 0.3) is 0 Å². The van der Waals surface area contributed by atoms with Crippen LogP contribution in [0.1, 0.15) is 23.0 Å². The Kier molecular flexibility index (Phi) is 5.18. The summed E-state index contributed by atoms with van der Waals surface area (Å²) < 4.78 is 33.4. The van der Waals surface area contributed by atoms with Crippen molar-refractivity contribution in [3.63, 3.8) is 0 Å². The van der Waals surface area contributed by atoms with E-state index in [1.54, 1.807) is 25.3 Å². The summed E-state index contributed by atoms with van der Waals surface area (Å²) in [7, 11) is -0.465. The van der Waals surface area contributed by atoms with Crippen LogP contribution in [-0.4, -0.2) is 71.9 Å². The van der Waals surface area contributed by atoms with Gasteiger partial charge in [0.05, 0.1) is 12.5 Å². The summed E-state index contributed by atoms with van der Waals surface area (Å²) in [5.74, 6) is 0.107. The highest BCUT2D eigenvalue weighted by molar-refractivity contribution is 7.86. The fraction of sp³-hybridized carbons (Fsp3) is 0.526. The second kappa shape index (κ2) is 7.51. The van der Waals surface area contributed by atoms with Gasteiger partial charge in [-0.3, -0.25) is 4.79 Å². The van der Waals surface area contributed by atoms with Crippen molar-refractivity contribution in [1.82, 2.24) is 23.8 Å². The van der Waals surface area contributed by atoms with Gasteiger partial charge >= 0.3 is 0 Å². The molecule has 1 aromatic heterocycles. The summed E-state index contributed by atoms with van der Waals surface area (Å²) in [4.78, 5) is 14.6. The van der Waals surface area contributed by atoms with E-state index in [-0.39, 0.29) is 30.2 Å². The standard InChI is InChI=1S/C19H25N5O4S/c1-13-17(21-28-20-13)9-18(25)23-10-15-11-24(29(26,27)22(2)3)19(16(15)12-23)14-7-5-4-6-8-14/h4-8,15-16,19H,9-12H2,1-3H3/t15-,16-,19-/m0/s1. The van der Waals surface area contributed by atoms with Crippen molar-refractivity contribution in [2.45, 2.75) is 19.4 Å². The third-order valence-corrected chi connectivity index (χ3v) is 7.83. The molecule has 0 bridgehead atoms. The molecule has 2 aliphatic heterocycles. The summed E-state index contributed by atoms with van der Waals surface area (Å²) in [6.45, 7) is 3.22. The first-order valence-corrected chi connectivity index (χ1v) is 11.0. The smallest absolute Gasteiger partial charge is 0.282 e. The fourth-order valence-electron chi connectivity index (χ4n) is 4.39. The maximum atomic E-state index is 13.0. The van der Waals surface area contributed by atoms with Gasteiger partial charge in [-0.2, -0.15) is 17.0 Å². The van der Waals surface area contributed by atoms with Crippen LogP contribution in [0.3, 0.4) is 0 Å². The van der Waals surface area contributed by atoms with Crippen LogP contribution >= 0.6 is 0 Å². The highest BCUT2D eigenvalue weighted by atomic mass is 32.2. The van der Waals surface area contributed by atoms with Crippen LogP contribution in [0.4, 0.5) is 0 Å². The number of likely N-dealkylation sites (tertiary alicyclic amines) is 1. The van der Waals surface area contributed by atoms with Gasteiger partial charge in [-0.15, -0.1) is 0 Å². The molecule has 0 saturated carbocycles. The van der Waals surface area contributed by atoms with E-state index in [2.05, 4.69) is 14.9 Å². The molecule has 2 saturated heterocycles. The summed E-state index contributed by atoms with van der Waals surface area (Å²) in [5.41, 5.74) is 2.11. The van der Waals surface area contributed by atoms with Gasteiger partial charge in [0.25, 0.3) is 10.2 Å². The Labute approximate surface area is 170 Å².